The second-order valence-electron chi connectivity index (χ2n) is 6.12. The molecule has 1 fully saturated rings. The Morgan fingerprint density at radius 2 is 1.88 bits per heavy atom. The van der Waals surface area contributed by atoms with Crippen LogP contribution in [0.4, 0.5) is 11.4 Å². The molecule has 1 aliphatic heterocycles. The minimum atomic E-state index is -0.567. The lowest BCUT2D eigenvalue weighted by atomic mass is 10.1. The molecule has 0 aromatic heterocycles. The summed E-state index contributed by atoms with van der Waals surface area (Å²) >= 11 is 0. The molecule has 130 valence electrons. The smallest absolute Gasteiger partial charge is 0.256 e. The number of nitrogens with one attached hydrogen (secondary N) is 1. The third-order valence-corrected chi connectivity index (χ3v) is 4.49. The van der Waals surface area contributed by atoms with E-state index in [9.17, 15) is 9.59 Å². The van der Waals surface area contributed by atoms with Gasteiger partial charge in [-0.25, -0.2) is 4.90 Å². The molecule has 1 N–H and O–H groups in total. The van der Waals surface area contributed by atoms with Crippen LogP contribution in [0.3, 0.4) is 0 Å². The van der Waals surface area contributed by atoms with Gasteiger partial charge in [-0.05, 0) is 50.1 Å². The summed E-state index contributed by atoms with van der Waals surface area (Å²) in [5.74, 6) is 0.0668. The number of ether oxygens (including phenoxy) is 1. The van der Waals surface area contributed by atoms with Crippen LogP contribution in [0.5, 0.6) is 5.75 Å². The lowest BCUT2D eigenvalue weighted by molar-refractivity contribution is -0.121. The Labute approximate surface area is 147 Å². The normalized spacial score (nSPS) is 17.1. The van der Waals surface area contributed by atoms with Gasteiger partial charge in [-0.3, -0.25) is 9.59 Å². The average molecular weight is 338 g/mol. The van der Waals surface area contributed by atoms with E-state index >= 15 is 0 Å². The van der Waals surface area contributed by atoms with E-state index in [4.69, 9.17) is 4.74 Å². The van der Waals surface area contributed by atoms with E-state index in [1.807, 2.05) is 45.0 Å². The number of benzene rings is 2. The standard InChI is InChI=1S/C20H22N2O3/c1-4-25-18-11-6-5-10-17(18)22-19(23)12-16(20(22)24)21-15-9-7-8-13(2)14(15)3/h5-11,16,21H,4,12H2,1-3H3/t16-/m1/s1. The number of nitrogens with zero attached hydrogens (tertiary/aromatic N) is 1. The zero-order valence-corrected chi connectivity index (χ0v) is 14.7. The van der Waals surface area contributed by atoms with Crippen LogP contribution in [0.15, 0.2) is 42.5 Å². The van der Waals surface area contributed by atoms with E-state index in [2.05, 4.69) is 5.32 Å². The number of para-hydroxylation sites is 2. The Morgan fingerprint density at radius 1 is 1.12 bits per heavy atom. The van der Waals surface area contributed by atoms with Crippen molar-refractivity contribution in [3.05, 3.63) is 53.6 Å². The van der Waals surface area contributed by atoms with Crippen molar-refractivity contribution < 1.29 is 14.3 Å². The first-order chi connectivity index (χ1) is 12.0. The summed E-state index contributed by atoms with van der Waals surface area (Å²) < 4.78 is 5.57. The first-order valence-electron chi connectivity index (χ1n) is 8.44. The van der Waals surface area contributed by atoms with E-state index in [0.29, 0.717) is 18.0 Å². The van der Waals surface area contributed by atoms with Crippen molar-refractivity contribution in [3.8, 4) is 5.75 Å². The van der Waals surface area contributed by atoms with Crippen molar-refractivity contribution in [2.75, 3.05) is 16.8 Å². The van der Waals surface area contributed by atoms with Crippen LogP contribution in [0, 0.1) is 13.8 Å². The molecule has 0 bridgehead atoms. The van der Waals surface area contributed by atoms with Gasteiger partial charge in [0.15, 0.2) is 0 Å². The van der Waals surface area contributed by atoms with Gasteiger partial charge in [0.25, 0.3) is 5.91 Å². The molecule has 3 rings (SSSR count). The van der Waals surface area contributed by atoms with E-state index in [-0.39, 0.29) is 18.2 Å². The molecule has 0 saturated carbocycles. The largest absolute Gasteiger partial charge is 0.492 e. The minimum absolute atomic E-state index is 0.132. The van der Waals surface area contributed by atoms with Crippen molar-refractivity contribution in [2.24, 2.45) is 0 Å². The number of rotatable bonds is 5. The molecule has 1 heterocycles. The van der Waals surface area contributed by atoms with Crippen molar-refractivity contribution in [2.45, 2.75) is 33.2 Å². The molecule has 5 nitrogen and oxygen atoms in total. The van der Waals surface area contributed by atoms with Gasteiger partial charge in [0.2, 0.25) is 5.91 Å². The second kappa shape index (κ2) is 6.97. The van der Waals surface area contributed by atoms with E-state index < -0.39 is 6.04 Å². The number of anilines is 2. The molecular weight excluding hydrogens is 316 g/mol. The lowest BCUT2D eigenvalue weighted by Crippen LogP contribution is -2.35. The van der Waals surface area contributed by atoms with Gasteiger partial charge in [-0.15, -0.1) is 0 Å². The zero-order valence-electron chi connectivity index (χ0n) is 14.7. The Balaban J connectivity index is 1.87. The highest BCUT2D eigenvalue weighted by atomic mass is 16.5. The van der Waals surface area contributed by atoms with Crippen LogP contribution in [0.25, 0.3) is 0 Å². The second-order valence-corrected chi connectivity index (χ2v) is 6.12. The fourth-order valence-electron chi connectivity index (χ4n) is 3.01. The molecular formula is C20H22N2O3. The molecule has 0 radical (unpaired) electrons. The van der Waals surface area contributed by atoms with E-state index in [0.717, 1.165) is 16.8 Å². The summed E-state index contributed by atoms with van der Waals surface area (Å²) in [6, 6.07) is 12.4. The number of hydrogen-bond donors (Lipinski definition) is 1. The molecule has 1 saturated heterocycles. The Bertz CT molecular complexity index is 816. The van der Waals surface area contributed by atoms with Crippen molar-refractivity contribution in [1.29, 1.82) is 0 Å². The molecule has 0 unspecified atom stereocenters. The molecule has 5 heteroatoms. The highest BCUT2D eigenvalue weighted by Gasteiger charge is 2.40. The van der Waals surface area contributed by atoms with Gasteiger partial charge >= 0.3 is 0 Å². The number of aryl methyl sites for hydroxylation is 1. The predicted molar refractivity (Wildman–Crippen MR) is 98.0 cm³/mol. The first kappa shape index (κ1) is 17.0. The number of imide groups is 1. The Kier molecular flexibility index (Phi) is 4.74. The summed E-state index contributed by atoms with van der Waals surface area (Å²) in [5.41, 5.74) is 3.60. The predicted octanol–water partition coefficient (Wildman–Crippen LogP) is 3.45. The molecule has 1 atom stereocenters. The van der Waals surface area contributed by atoms with Crippen molar-refractivity contribution >= 4 is 23.2 Å². The fraction of sp³-hybridized carbons (Fsp3) is 0.300. The van der Waals surface area contributed by atoms with Gasteiger partial charge in [0.1, 0.15) is 11.8 Å². The van der Waals surface area contributed by atoms with E-state index in [1.54, 1.807) is 18.2 Å². The summed E-state index contributed by atoms with van der Waals surface area (Å²) in [4.78, 5) is 26.6. The molecule has 0 spiro atoms. The van der Waals surface area contributed by atoms with Gasteiger partial charge in [0, 0.05) is 5.69 Å². The molecule has 25 heavy (non-hydrogen) atoms. The maximum atomic E-state index is 12.9. The van der Waals surface area contributed by atoms with Crippen LogP contribution in [0.1, 0.15) is 24.5 Å². The highest BCUT2D eigenvalue weighted by Crippen LogP contribution is 2.33. The zero-order chi connectivity index (χ0) is 18.0. The molecule has 2 amide bonds. The number of carbonyl (C=O) groups is 2. The summed E-state index contributed by atoms with van der Waals surface area (Å²) in [6.45, 7) is 6.36. The summed E-state index contributed by atoms with van der Waals surface area (Å²) in [7, 11) is 0. The number of hydrogen-bond acceptors (Lipinski definition) is 4. The van der Waals surface area contributed by atoms with E-state index in [1.165, 1.54) is 4.90 Å². The van der Waals surface area contributed by atoms with Crippen LogP contribution in [0.2, 0.25) is 0 Å². The third-order valence-electron chi connectivity index (χ3n) is 4.49. The molecule has 1 aliphatic rings. The van der Waals surface area contributed by atoms with Crippen LogP contribution in [-0.4, -0.2) is 24.5 Å². The van der Waals surface area contributed by atoms with Crippen molar-refractivity contribution in [3.63, 3.8) is 0 Å². The van der Waals surface area contributed by atoms with Crippen LogP contribution < -0.4 is 15.0 Å². The maximum absolute atomic E-state index is 12.9. The van der Waals surface area contributed by atoms with Crippen LogP contribution in [-0.2, 0) is 9.59 Å². The monoisotopic (exact) mass is 338 g/mol. The average Bonchev–Trinajstić information content (AvgIpc) is 2.87. The maximum Gasteiger partial charge on any atom is 0.256 e. The number of amides is 2. The SMILES string of the molecule is CCOc1ccccc1N1C(=O)C[C@@H](Nc2cccc(C)c2C)C1=O. The lowest BCUT2D eigenvalue weighted by Gasteiger charge is -2.19. The summed E-state index contributed by atoms with van der Waals surface area (Å²) in [6.07, 6.45) is 0.132. The quantitative estimate of drug-likeness (QED) is 0.849. The first-order valence-corrected chi connectivity index (χ1v) is 8.44. The topological polar surface area (TPSA) is 58.6 Å². The molecule has 0 aliphatic carbocycles. The Morgan fingerprint density at radius 3 is 2.64 bits per heavy atom. The van der Waals surface area contributed by atoms with Gasteiger partial charge in [0.05, 0.1) is 18.7 Å². The fourth-order valence-corrected chi connectivity index (χ4v) is 3.01. The van der Waals surface area contributed by atoms with Gasteiger partial charge in [-0.2, -0.15) is 0 Å². The van der Waals surface area contributed by atoms with Crippen LogP contribution >= 0.6 is 0 Å². The molecule has 2 aromatic carbocycles. The minimum Gasteiger partial charge on any atom is -0.492 e. The van der Waals surface area contributed by atoms with Gasteiger partial charge < -0.3 is 10.1 Å². The summed E-state index contributed by atoms with van der Waals surface area (Å²) in [5, 5.41) is 3.23. The molecule has 2 aromatic rings. The van der Waals surface area contributed by atoms with Crippen molar-refractivity contribution in [1.82, 2.24) is 0 Å². The van der Waals surface area contributed by atoms with Gasteiger partial charge in [-0.1, -0.05) is 24.3 Å². The highest BCUT2D eigenvalue weighted by molar-refractivity contribution is 6.23. The third kappa shape index (κ3) is 3.22. The Hall–Kier alpha value is -2.82. The number of carbonyl (C=O) groups excluding carboxylic acids is 2.